The smallest absolute Gasteiger partial charge is 0.111 e. The first-order chi connectivity index (χ1) is 9.60. The molecule has 20 heavy (non-hydrogen) atoms. The third kappa shape index (κ3) is 3.24. The van der Waals surface area contributed by atoms with E-state index in [2.05, 4.69) is 23.4 Å². The predicted octanol–water partition coefficient (Wildman–Crippen LogP) is 5.56. The van der Waals surface area contributed by atoms with E-state index in [9.17, 15) is 0 Å². The number of halogens is 3. The highest BCUT2D eigenvalue weighted by Gasteiger charge is 2.15. The van der Waals surface area contributed by atoms with Crippen LogP contribution in [0.1, 0.15) is 32.5 Å². The molecule has 0 aliphatic heterocycles. The van der Waals surface area contributed by atoms with Crippen LogP contribution in [0.5, 0.6) is 0 Å². The summed E-state index contributed by atoms with van der Waals surface area (Å²) in [5, 5.41) is 1.12. The van der Waals surface area contributed by atoms with Gasteiger partial charge >= 0.3 is 0 Å². The summed E-state index contributed by atoms with van der Waals surface area (Å²) in [5.41, 5.74) is 1.94. The van der Waals surface area contributed by atoms with Gasteiger partial charge in [-0.25, -0.2) is 4.98 Å². The number of nitrogens with zero attached hydrogens (tertiary/aromatic N) is 2. The summed E-state index contributed by atoms with van der Waals surface area (Å²) in [4.78, 5) is 4.66. The van der Waals surface area contributed by atoms with Gasteiger partial charge in [-0.3, -0.25) is 0 Å². The summed E-state index contributed by atoms with van der Waals surface area (Å²) >= 11 is 18.1. The zero-order valence-corrected chi connectivity index (χ0v) is 14.1. The average Bonchev–Trinajstić information content (AvgIpc) is 2.74. The van der Waals surface area contributed by atoms with E-state index in [1.54, 1.807) is 0 Å². The number of hydrogen-bond donors (Lipinski definition) is 0. The Bertz CT molecular complexity index is 588. The Hall–Kier alpha value is -0.440. The van der Waals surface area contributed by atoms with E-state index in [1.807, 2.05) is 12.1 Å². The molecule has 0 spiro atoms. The second kappa shape index (κ2) is 7.02. The van der Waals surface area contributed by atoms with Gasteiger partial charge in [0.2, 0.25) is 0 Å². The van der Waals surface area contributed by atoms with Crippen LogP contribution in [0.3, 0.4) is 0 Å². The molecule has 1 aromatic heterocycles. The Morgan fingerprint density at radius 1 is 1.15 bits per heavy atom. The van der Waals surface area contributed by atoms with Crippen LogP contribution in [-0.4, -0.2) is 15.4 Å². The third-order valence-corrected chi connectivity index (χ3v) is 4.69. The lowest BCUT2D eigenvalue weighted by molar-refractivity contribution is 0.417. The van der Waals surface area contributed by atoms with Crippen molar-refractivity contribution in [3.8, 4) is 0 Å². The molecule has 2 aromatic rings. The second-order valence-electron chi connectivity index (χ2n) is 5.02. The molecule has 0 unspecified atom stereocenters. The van der Waals surface area contributed by atoms with Gasteiger partial charge in [-0.2, -0.15) is 0 Å². The lowest BCUT2D eigenvalue weighted by Crippen LogP contribution is -2.12. The molecule has 2 rings (SSSR count). The Morgan fingerprint density at radius 2 is 1.80 bits per heavy atom. The summed E-state index contributed by atoms with van der Waals surface area (Å²) < 4.78 is 2.25. The summed E-state index contributed by atoms with van der Waals surface area (Å²) in [6.07, 6.45) is 3.06. The van der Waals surface area contributed by atoms with E-state index >= 15 is 0 Å². The molecular weight excluding hydrogens is 315 g/mol. The van der Waals surface area contributed by atoms with Crippen LogP contribution < -0.4 is 0 Å². The summed E-state index contributed by atoms with van der Waals surface area (Å²) in [6.45, 7) is 5.39. The zero-order valence-electron chi connectivity index (χ0n) is 11.8. The molecule has 0 saturated carbocycles. The molecule has 0 radical (unpaired) electrons. The van der Waals surface area contributed by atoms with Gasteiger partial charge in [0.05, 0.1) is 21.1 Å². The number of aryl methyl sites for hydroxylation is 1. The number of benzene rings is 1. The number of hydrogen-bond acceptors (Lipinski definition) is 1. The number of alkyl halides is 1. The fraction of sp³-hybridized carbons (Fsp3) is 0.533. The maximum Gasteiger partial charge on any atom is 0.111 e. The normalized spacial score (nSPS) is 11.7. The predicted molar refractivity (Wildman–Crippen MR) is 88.2 cm³/mol. The number of imidazole rings is 1. The highest BCUT2D eigenvalue weighted by molar-refractivity contribution is 6.42. The van der Waals surface area contributed by atoms with E-state index < -0.39 is 0 Å². The Morgan fingerprint density at radius 3 is 2.40 bits per heavy atom. The van der Waals surface area contributed by atoms with E-state index in [-0.39, 0.29) is 0 Å². The van der Waals surface area contributed by atoms with Crippen molar-refractivity contribution in [3.05, 3.63) is 28.0 Å². The zero-order chi connectivity index (χ0) is 14.7. The van der Waals surface area contributed by atoms with Crippen LogP contribution in [0.2, 0.25) is 10.0 Å². The van der Waals surface area contributed by atoms with Gasteiger partial charge in [-0.1, -0.05) is 49.9 Å². The van der Waals surface area contributed by atoms with E-state index in [4.69, 9.17) is 34.8 Å². The van der Waals surface area contributed by atoms with Crippen molar-refractivity contribution >= 4 is 45.8 Å². The van der Waals surface area contributed by atoms with Crippen LogP contribution in [-0.2, 0) is 13.0 Å². The minimum absolute atomic E-state index is 0.545. The van der Waals surface area contributed by atoms with Crippen LogP contribution in [0.15, 0.2) is 12.1 Å². The quantitative estimate of drug-likeness (QED) is 0.633. The molecule has 5 heteroatoms. The SMILES string of the molecule is CCC(CC)Cn1c(CCCl)nc2cc(Cl)c(Cl)cc21. The van der Waals surface area contributed by atoms with Crippen molar-refractivity contribution in [1.82, 2.24) is 9.55 Å². The van der Waals surface area contributed by atoms with Crippen molar-refractivity contribution in [2.45, 2.75) is 39.7 Å². The van der Waals surface area contributed by atoms with E-state index in [1.165, 1.54) is 0 Å². The van der Waals surface area contributed by atoms with Crippen molar-refractivity contribution in [1.29, 1.82) is 0 Å². The molecule has 110 valence electrons. The summed E-state index contributed by atoms with van der Waals surface area (Å²) in [6, 6.07) is 3.74. The molecule has 0 aliphatic rings. The molecule has 0 bridgehead atoms. The van der Waals surface area contributed by atoms with Gasteiger partial charge < -0.3 is 4.57 Å². The highest BCUT2D eigenvalue weighted by Crippen LogP contribution is 2.29. The minimum Gasteiger partial charge on any atom is -0.328 e. The number of rotatable bonds is 6. The van der Waals surface area contributed by atoms with Gasteiger partial charge in [0.1, 0.15) is 5.82 Å². The first-order valence-electron chi connectivity index (χ1n) is 7.00. The lowest BCUT2D eigenvalue weighted by atomic mass is 10.0. The minimum atomic E-state index is 0.545. The van der Waals surface area contributed by atoms with Crippen molar-refractivity contribution in [2.75, 3.05) is 5.88 Å². The third-order valence-electron chi connectivity index (χ3n) is 3.78. The van der Waals surface area contributed by atoms with E-state index in [0.29, 0.717) is 21.8 Å². The molecule has 0 saturated heterocycles. The molecule has 0 aliphatic carbocycles. The highest BCUT2D eigenvalue weighted by atomic mass is 35.5. The Labute approximate surface area is 135 Å². The molecule has 0 atom stereocenters. The maximum atomic E-state index is 6.15. The van der Waals surface area contributed by atoms with Crippen LogP contribution >= 0.6 is 34.8 Å². The topological polar surface area (TPSA) is 17.8 Å². The fourth-order valence-corrected chi connectivity index (χ4v) is 2.94. The number of aromatic nitrogens is 2. The van der Waals surface area contributed by atoms with Gasteiger partial charge in [0.25, 0.3) is 0 Å². The maximum absolute atomic E-state index is 6.15. The Balaban J connectivity index is 2.52. The van der Waals surface area contributed by atoms with Crippen LogP contribution in [0.4, 0.5) is 0 Å². The number of fused-ring (bicyclic) bond motifs is 1. The van der Waals surface area contributed by atoms with Gasteiger partial charge in [-0.15, -0.1) is 11.6 Å². The van der Waals surface area contributed by atoms with Crippen LogP contribution in [0.25, 0.3) is 11.0 Å². The molecular formula is C15H19Cl3N2. The first kappa shape index (κ1) is 15.9. The molecule has 0 amide bonds. The molecule has 0 N–H and O–H groups in total. The second-order valence-corrected chi connectivity index (χ2v) is 6.21. The van der Waals surface area contributed by atoms with E-state index in [0.717, 1.165) is 42.7 Å². The Kier molecular flexibility index (Phi) is 5.59. The molecule has 1 aromatic carbocycles. The largest absolute Gasteiger partial charge is 0.328 e. The van der Waals surface area contributed by atoms with Crippen LogP contribution in [0, 0.1) is 5.92 Å². The monoisotopic (exact) mass is 332 g/mol. The van der Waals surface area contributed by atoms with Gasteiger partial charge in [0.15, 0.2) is 0 Å². The van der Waals surface area contributed by atoms with Crippen molar-refractivity contribution in [2.24, 2.45) is 5.92 Å². The summed E-state index contributed by atoms with van der Waals surface area (Å²) in [5.74, 6) is 2.21. The molecule has 2 nitrogen and oxygen atoms in total. The summed E-state index contributed by atoms with van der Waals surface area (Å²) in [7, 11) is 0. The fourth-order valence-electron chi connectivity index (χ4n) is 2.45. The lowest BCUT2D eigenvalue weighted by Gasteiger charge is -2.16. The van der Waals surface area contributed by atoms with Gasteiger partial charge in [0, 0.05) is 18.8 Å². The van der Waals surface area contributed by atoms with Gasteiger partial charge in [-0.05, 0) is 18.1 Å². The van der Waals surface area contributed by atoms with Crippen molar-refractivity contribution in [3.63, 3.8) is 0 Å². The average molecular weight is 334 g/mol. The molecule has 1 heterocycles. The standard InChI is InChI=1S/C15H19Cl3N2/c1-3-10(4-2)9-20-14-8-12(18)11(17)7-13(14)19-15(20)5-6-16/h7-8,10H,3-6,9H2,1-2H3. The first-order valence-corrected chi connectivity index (χ1v) is 8.29. The van der Waals surface area contributed by atoms with Crippen molar-refractivity contribution < 1.29 is 0 Å². The molecule has 0 fully saturated rings.